The molecule has 0 radical (unpaired) electrons. The van der Waals surface area contributed by atoms with Crippen molar-refractivity contribution in [2.45, 2.75) is 58.3 Å². The van der Waals surface area contributed by atoms with Crippen LogP contribution < -0.4 is 5.32 Å². The standard InChI is InChI=1S/C8H15N3O7.4C2H4O2/c1-11(10-17)8(16)9-4-6(14)5(13)3(2-12)18-7(4)15;4*1-2(3)4/h3-7,12-15H,2H2,1H3,(H,9,16);4*1H3,(H,3,4)/t3-,4-,5-,6-,7+;;;;/m1..../s1. The predicted molar refractivity (Wildman–Crippen MR) is 109 cm³/mol. The minimum atomic E-state index is -1.63. The third-order valence-corrected chi connectivity index (χ3v) is 2.61. The Balaban J connectivity index is -0.000000229. The van der Waals surface area contributed by atoms with Gasteiger partial charge in [-0.05, 0) is 0 Å². The van der Waals surface area contributed by atoms with Gasteiger partial charge in [-0.25, -0.2) is 4.79 Å². The number of nitrogens with zero attached hydrogens (tertiary/aromatic N) is 2. The molecule has 1 aliphatic rings. The molecule has 0 unspecified atom stereocenters. The van der Waals surface area contributed by atoms with E-state index >= 15 is 0 Å². The third-order valence-electron chi connectivity index (χ3n) is 2.61. The Morgan fingerprint density at radius 3 is 1.41 bits per heavy atom. The number of carbonyl (C=O) groups is 5. The minimum Gasteiger partial charge on any atom is -0.481 e. The van der Waals surface area contributed by atoms with Crippen LogP contribution in [0.5, 0.6) is 0 Å². The molecule has 18 nitrogen and oxygen atoms in total. The smallest absolute Gasteiger partial charge is 0.340 e. The largest absolute Gasteiger partial charge is 0.481 e. The summed E-state index contributed by atoms with van der Waals surface area (Å²) in [6, 6.07) is -2.33. The number of ether oxygens (including phenoxy) is 1. The molecule has 1 fully saturated rings. The van der Waals surface area contributed by atoms with E-state index in [-0.39, 0.29) is 0 Å². The van der Waals surface area contributed by atoms with Crippen LogP contribution in [-0.4, -0.2) is 120 Å². The van der Waals surface area contributed by atoms with Gasteiger partial charge in [0.2, 0.25) is 0 Å². The summed E-state index contributed by atoms with van der Waals surface area (Å²) in [5.41, 5.74) is 0. The van der Waals surface area contributed by atoms with E-state index in [2.05, 4.69) is 10.6 Å². The van der Waals surface area contributed by atoms with E-state index in [1.54, 1.807) is 0 Å². The molecule has 0 saturated carbocycles. The van der Waals surface area contributed by atoms with Gasteiger partial charge in [0, 0.05) is 34.7 Å². The van der Waals surface area contributed by atoms with Crippen LogP contribution in [0.15, 0.2) is 5.29 Å². The number of nitroso groups, excluding NO2 is 1. The van der Waals surface area contributed by atoms with Gasteiger partial charge in [-0.2, -0.15) is 5.01 Å². The molecular formula is C16H31N3O15. The van der Waals surface area contributed by atoms with Crippen molar-refractivity contribution in [2.24, 2.45) is 5.29 Å². The van der Waals surface area contributed by atoms with Crippen molar-refractivity contribution in [1.29, 1.82) is 0 Å². The molecule has 34 heavy (non-hydrogen) atoms. The summed E-state index contributed by atoms with van der Waals surface area (Å²) in [5.74, 6) is -3.33. The van der Waals surface area contributed by atoms with E-state index in [0.29, 0.717) is 5.01 Å². The highest BCUT2D eigenvalue weighted by molar-refractivity contribution is 5.73. The summed E-state index contributed by atoms with van der Waals surface area (Å²) in [6.45, 7) is 3.73. The molecule has 0 aromatic carbocycles. The van der Waals surface area contributed by atoms with Crippen molar-refractivity contribution in [2.75, 3.05) is 13.7 Å². The van der Waals surface area contributed by atoms with Crippen molar-refractivity contribution in [3.63, 3.8) is 0 Å². The summed E-state index contributed by atoms with van der Waals surface area (Å²) < 4.78 is 4.80. The van der Waals surface area contributed by atoms with Gasteiger partial charge in [0.15, 0.2) is 6.29 Å². The van der Waals surface area contributed by atoms with E-state index in [0.717, 1.165) is 34.7 Å². The SMILES string of the molecule is CC(=O)O.CC(=O)O.CC(=O)O.CC(=O)O.CN(N=O)C(=O)N[C@@H]1[C@@H](O)[C@H](O)[C@@H](CO)O[C@@H]1O. The van der Waals surface area contributed by atoms with E-state index in [9.17, 15) is 25.0 Å². The van der Waals surface area contributed by atoms with Crippen molar-refractivity contribution in [3.05, 3.63) is 4.91 Å². The van der Waals surface area contributed by atoms with E-state index in [1.165, 1.54) is 0 Å². The second-order valence-electron chi connectivity index (χ2n) is 5.89. The Morgan fingerprint density at radius 1 is 0.824 bits per heavy atom. The lowest BCUT2D eigenvalue weighted by molar-refractivity contribution is -0.252. The zero-order valence-electron chi connectivity index (χ0n) is 18.9. The maximum Gasteiger partial charge on any atom is 0.340 e. The number of urea groups is 1. The van der Waals surface area contributed by atoms with Gasteiger partial charge in [0.25, 0.3) is 23.9 Å². The molecule has 1 aliphatic heterocycles. The number of hydrogen-bond acceptors (Lipinski definition) is 12. The summed E-state index contributed by atoms with van der Waals surface area (Å²) in [5, 5.41) is 72.0. The number of rotatable bonds is 3. The molecule has 2 amide bonds. The number of carboxylic acid groups (broad SMARTS) is 4. The predicted octanol–water partition coefficient (Wildman–Crippen LogP) is -2.53. The van der Waals surface area contributed by atoms with Gasteiger partial charge in [-0.1, -0.05) is 0 Å². The molecule has 0 aliphatic carbocycles. The molecule has 200 valence electrons. The zero-order chi connectivity index (χ0) is 28.2. The van der Waals surface area contributed by atoms with Gasteiger partial charge in [0.1, 0.15) is 24.4 Å². The van der Waals surface area contributed by atoms with Crippen LogP contribution in [0.1, 0.15) is 27.7 Å². The maximum absolute atomic E-state index is 11.3. The van der Waals surface area contributed by atoms with E-state index in [4.69, 9.17) is 49.4 Å². The van der Waals surface area contributed by atoms with E-state index < -0.39 is 67.2 Å². The van der Waals surface area contributed by atoms with E-state index in [1.807, 2.05) is 0 Å². The van der Waals surface area contributed by atoms with Crippen LogP contribution in [0.4, 0.5) is 4.79 Å². The molecule has 0 aromatic rings. The van der Waals surface area contributed by atoms with Crippen molar-refractivity contribution >= 4 is 29.9 Å². The average Bonchev–Trinajstić information content (AvgIpc) is 2.65. The fourth-order valence-corrected chi connectivity index (χ4v) is 1.53. The van der Waals surface area contributed by atoms with Crippen LogP contribution >= 0.6 is 0 Å². The number of aliphatic hydroxyl groups excluding tert-OH is 4. The van der Waals surface area contributed by atoms with Crippen molar-refractivity contribution in [1.82, 2.24) is 10.3 Å². The summed E-state index contributed by atoms with van der Waals surface area (Å²) in [6.07, 6.45) is -5.84. The lowest BCUT2D eigenvalue weighted by Crippen LogP contribution is -2.64. The zero-order valence-corrected chi connectivity index (χ0v) is 18.9. The number of amides is 2. The van der Waals surface area contributed by atoms with Crippen LogP contribution in [0, 0.1) is 4.91 Å². The van der Waals surface area contributed by atoms with Crippen LogP contribution in [-0.2, 0) is 23.9 Å². The third kappa shape index (κ3) is 26.6. The van der Waals surface area contributed by atoms with Gasteiger partial charge >= 0.3 is 6.03 Å². The van der Waals surface area contributed by atoms with Gasteiger partial charge in [0.05, 0.1) is 11.9 Å². The Morgan fingerprint density at radius 2 is 1.15 bits per heavy atom. The van der Waals surface area contributed by atoms with Crippen LogP contribution in [0.2, 0.25) is 0 Å². The van der Waals surface area contributed by atoms with Gasteiger partial charge in [-0.15, -0.1) is 4.91 Å². The molecule has 18 heteroatoms. The average molecular weight is 505 g/mol. The molecule has 1 rings (SSSR count). The number of carbonyl (C=O) groups excluding carboxylic acids is 1. The Bertz CT molecular complexity index is 581. The highest BCUT2D eigenvalue weighted by Gasteiger charge is 2.44. The monoisotopic (exact) mass is 505 g/mol. The molecule has 1 saturated heterocycles. The number of aliphatic carboxylic acids is 4. The number of nitrogens with one attached hydrogen (secondary N) is 1. The van der Waals surface area contributed by atoms with Gasteiger partial charge in [-0.3, -0.25) is 19.2 Å². The number of hydrogen-bond donors (Lipinski definition) is 9. The first-order valence-electron chi connectivity index (χ1n) is 8.81. The molecule has 9 N–H and O–H groups in total. The summed E-state index contributed by atoms with van der Waals surface area (Å²) in [4.78, 5) is 57.4. The fraction of sp³-hybridized carbons (Fsp3) is 0.688. The highest BCUT2D eigenvalue weighted by Crippen LogP contribution is 2.19. The Hall–Kier alpha value is -3.45. The summed E-state index contributed by atoms with van der Waals surface area (Å²) >= 11 is 0. The lowest BCUT2D eigenvalue weighted by Gasteiger charge is -2.40. The minimum absolute atomic E-state index is 0.407. The second kappa shape index (κ2) is 21.4. The first kappa shape index (κ1) is 37.8. The van der Waals surface area contributed by atoms with Crippen LogP contribution in [0.25, 0.3) is 0 Å². The lowest BCUT2D eigenvalue weighted by atomic mass is 9.97. The normalized spacial score (nSPS) is 22.0. The quantitative estimate of drug-likeness (QED) is 0.141. The number of aliphatic hydroxyl groups is 4. The highest BCUT2D eigenvalue weighted by atomic mass is 16.6. The van der Waals surface area contributed by atoms with Crippen molar-refractivity contribution < 1.29 is 69.6 Å². The molecule has 1 heterocycles. The Labute approximate surface area is 192 Å². The molecule has 0 bridgehead atoms. The van der Waals surface area contributed by atoms with Gasteiger partial charge < -0.3 is 50.9 Å². The van der Waals surface area contributed by atoms with Crippen LogP contribution in [0.3, 0.4) is 0 Å². The molecule has 5 atom stereocenters. The maximum atomic E-state index is 11.3. The molecular weight excluding hydrogens is 474 g/mol. The molecule has 0 aromatic heterocycles. The first-order valence-corrected chi connectivity index (χ1v) is 8.81. The fourth-order valence-electron chi connectivity index (χ4n) is 1.53. The second-order valence-corrected chi connectivity index (χ2v) is 5.89. The summed E-state index contributed by atoms with van der Waals surface area (Å²) in [7, 11) is 1.07. The number of carboxylic acids is 4. The first-order chi connectivity index (χ1) is 15.3. The topological polar surface area (TPSA) is 301 Å². The Kier molecular flexibility index (Phi) is 23.8. The molecule has 0 spiro atoms. The van der Waals surface area contributed by atoms with Crippen molar-refractivity contribution in [3.8, 4) is 0 Å².